The fourth-order valence-electron chi connectivity index (χ4n) is 2.53. The number of hydrogen-bond acceptors (Lipinski definition) is 3. The van der Waals surface area contributed by atoms with Gasteiger partial charge in [0.2, 0.25) is 11.8 Å². The molecule has 1 fully saturated rings. The van der Waals surface area contributed by atoms with Gasteiger partial charge in [-0.15, -0.1) is 11.3 Å². The lowest BCUT2D eigenvalue weighted by molar-refractivity contribution is -0.133. The van der Waals surface area contributed by atoms with Crippen molar-refractivity contribution in [2.24, 2.45) is 0 Å². The Morgan fingerprint density at radius 2 is 2.09 bits per heavy atom. The van der Waals surface area contributed by atoms with Crippen LogP contribution in [0, 0.1) is 0 Å². The molecule has 0 spiro atoms. The SMILES string of the molecule is O=C(Nc1ccc(Cl)cc1)[C@H]1CCC(=O)N1Cc1cccs1. The Hall–Kier alpha value is -1.85. The van der Waals surface area contributed by atoms with Crippen molar-refractivity contribution in [3.63, 3.8) is 0 Å². The van der Waals surface area contributed by atoms with Gasteiger partial charge in [-0.2, -0.15) is 0 Å². The highest BCUT2D eigenvalue weighted by Gasteiger charge is 2.36. The van der Waals surface area contributed by atoms with Gasteiger partial charge < -0.3 is 10.2 Å². The van der Waals surface area contributed by atoms with E-state index in [1.807, 2.05) is 17.5 Å². The Morgan fingerprint density at radius 3 is 2.77 bits per heavy atom. The third-order valence-electron chi connectivity index (χ3n) is 3.65. The molecule has 0 radical (unpaired) electrons. The molecule has 1 aromatic carbocycles. The van der Waals surface area contributed by atoms with Crippen molar-refractivity contribution in [3.05, 3.63) is 51.7 Å². The second-order valence-electron chi connectivity index (χ2n) is 5.15. The van der Waals surface area contributed by atoms with Crippen molar-refractivity contribution in [2.75, 3.05) is 5.32 Å². The summed E-state index contributed by atoms with van der Waals surface area (Å²) in [6.45, 7) is 0.495. The molecule has 0 unspecified atom stereocenters. The second-order valence-corrected chi connectivity index (χ2v) is 6.62. The zero-order valence-electron chi connectivity index (χ0n) is 11.8. The molecule has 2 amide bonds. The number of hydrogen-bond donors (Lipinski definition) is 1. The second kappa shape index (κ2) is 6.50. The molecule has 1 aliphatic rings. The molecule has 1 N–H and O–H groups in total. The number of nitrogens with one attached hydrogen (secondary N) is 1. The first kappa shape index (κ1) is 15.1. The van der Waals surface area contributed by atoms with Crippen LogP contribution in [0.4, 0.5) is 5.69 Å². The monoisotopic (exact) mass is 334 g/mol. The molecule has 1 aromatic heterocycles. The number of thiophene rings is 1. The van der Waals surface area contributed by atoms with E-state index in [0.29, 0.717) is 30.1 Å². The average Bonchev–Trinajstić information content (AvgIpc) is 3.13. The highest BCUT2D eigenvalue weighted by atomic mass is 35.5. The smallest absolute Gasteiger partial charge is 0.247 e. The predicted octanol–water partition coefficient (Wildman–Crippen LogP) is 3.53. The number of anilines is 1. The maximum Gasteiger partial charge on any atom is 0.247 e. The van der Waals surface area contributed by atoms with Crippen LogP contribution in [0.3, 0.4) is 0 Å². The molecule has 114 valence electrons. The highest BCUT2D eigenvalue weighted by molar-refractivity contribution is 7.09. The van der Waals surface area contributed by atoms with Gasteiger partial charge in [-0.05, 0) is 42.1 Å². The van der Waals surface area contributed by atoms with Gasteiger partial charge in [0, 0.05) is 22.0 Å². The van der Waals surface area contributed by atoms with Crippen molar-refractivity contribution < 1.29 is 9.59 Å². The molecular formula is C16H15ClN2O2S. The Bertz CT molecular complexity index is 670. The first-order chi connectivity index (χ1) is 10.6. The van der Waals surface area contributed by atoms with Crippen molar-refractivity contribution >= 4 is 40.4 Å². The minimum absolute atomic E-state index is 0.0321. The van der Waals surface area contributed by atoms with Crippen LogP contribution in [-0.2, 0) is 16.1 Å². The van der Waals surface area contributed by atoms with E-state index in [1.54, 1.807) is 40.5 Å². The highest BCUT2D eigenvalue weighted by Crippen LogP contribution is 2.24. The fraction of sp³-hybridized carbons (Fsp3) is 0.250. The van der Waals surface area contributed by atoms with E-state index in [9.17, 15) is 9.59 Å². The van der Waals surface area contributed by atoms with Crippen LogP contribution in [-0.4, -0.2) is 22.8 Å². The van der Waals surface area contributed by atoms with Crippen LogP contribution < -0.4 is 5.32 Å². The minimum Gasteiger partial charge on any atom is -0.326 e. The largest absolute Gasteiger partial charge is 0.326 e. The third-order valence-corrected chi connectivity index (χ3v) is 4.76. The van der Waals surface area contributed by atoms with Crippen LogP contribution in [0.1, 0.15) is 17.7 Å². The molecule has 0 saturated carbocycles. The Kier molecular flexibility index (Phi) is 4.45. The van der Waals surface area contributed by atoms with E-state index in [2.05, 4.69) is 5.32 Å². The Balaban J connectivity index is 1.70. The number of carbonyl (C=O) groups is 2. The summed E-state index contributed by atoms with van der Waals surface area (Å²) < 4.78 is 0. The molecule has 0 bridgehead atoms. The molecule has 1 aliphatic heterocycles. The Morgan fingerprint density at radius 1 is 1.32 bits per heavy atom. The summed E-state index contributed by atoms with van der Waals surface area (Å²) in [6, 6.07) is 10.5. The van der Waals surface area contributed by atoms with Crippen molar-refractivity contribution in [2.45, 2.75) is 25.4 Å². The molecular weight excluding hydrogens is 320 g/mol. The van der Waals surface area contributed by atoms with E-state index in [0.717, 1.165) is 4.88 Å². The molecule has 6 heteroatoms. The molecule has 3 rings (SSSR count). The van der Waals surface area contributed by atoms with Gasteiger partial charge in [0.05, 0.1) is 6.54 Å². The third kappa shape index (κ3) is 3.31. The van der Waals surface area contributed by atoms with Crippen LogP contribution in [0.25, 0.3) is 0 Å². The summed E-state index contributed by atoms with van der Waals surface area (Å²) in [6.07, 6.45) is 0.980. The number of carbonyl (C=O) groups excluding carboxylic acids is 2. The lowest BCUT2D eigenvalue weighted by atomic mass is 10.2. The number of likely N-dealkylation sites (tertiary alicyclic amines) is 1. The average molecular weight is 335 g/mol. The van der Waals surface area contributed by atoms with E-state index in [-0.39, 0.29) is 11.8 Å². The van der Waals surface area contributed by atoms with Crippen LogP contribution in [0.2, 0.25) is 5.02 Å². The summed E-state index contributed by atoms with van der Waals surface area (Å²) >= 11 is 7.42. The van der Waals surface area contributed by atoms with Gasteiger partial charge >= 0.3 is 0 Å². The van der Waals surface area contributed by atoms with Gasteiger partial charge in [-0.25, -0.2) is 0 Å². The number of halogens is 1. The fourth-order valence-corrected chi connectivity index (χ4v) is 3.36. The zero-order valence-corrected chi connectivity index (χ0v) is 13.4. The van der Waals surface area contributed by atoms with Gasteiger partial charge in [-0.3, -0.25) is 9.59 Å². The molecule has 1 atom stereocenters. The summed E-state index contributed by atoms with van der Waals surface area (Å²) in [5.41, 5.74) is 0.685. The number of rotatable bonds is 4. The topological polar surface area (TPSA) is 49.4 Å². The molecule has 2 aromatic rings. The van der Waals surface area contributed by atoms with Crippen molar-refractivity contribution in [1.29, 1.82) is 0 Å². The van der Waals surface area contributed by atoms with Gasteiger partial charge in [0.1, 0.15) is 6.04 Å². The lowest BCUT2D eigenvalue weighted by Gasteiger charge is -2.23. The van der Waals surface area contributed by atoms with Crippen molar-refractivity contribution in [3.8, 4) is 0 Å². The first-order valence-corrected chi connectivity index (χ1v) is 8.27. The summed E-state index contributed by atoms with van der Waals surface area (Å²) in [5.74, 6) is -0.116. The van der Waals surface area contributed by atoms with Crippen molar-refractivity contribution in [1.82, 2.24) is 4.90 Å². The molecule has 2 heterocycles. The minimum atomic E-state index is -0.412. The van der Waals surface area contributed by atoms with Gasteiger partial charge in [0.15, 0.2) is 0 Å². The summed E-state index contributed by atoms with van der Waals surface area (Å²) in [4.78, 5) is 27.2. The maximum absolute atomic E-state index is 12.4. The molecule has 4 nitrogen and oxygen atoms in total. The maximum atomic E-state index is 12.4. The molecule has 1 saturated heterocycles. The Labute approximate surface area is 137 Å². The number of amides is 2. The van der Waals surface area contributed by atoms with Crippen LogP contribution in [0.5, 0.6) is 0 Å². The van der Waals surface area contributed by atoms with E-state index >= 15 is 0 Å². The number of benzene rings is 1. The van der Waals surface area contributed by atoms with E-state index in [1.165, 1.54) is 0 Å². The zero-order chi connectivity index (χ0) is 15.5. The standard InChI is InChI=1S/C16H15ClN2O2S/c17-11-3-5-12(6-4-11)18-16(21)14-7-8-15(20)19(14)10-13-2-1-9-22-13/h1-6,9,14H,7-8,10H2,(H,18,21)/t14-/m1/s1. The van der Waals surface area contributed by atoms with E-state index in [4.69, 9.17) is 11.6 Å². The summed E-state index contributed by atoms with van der Waals surface area (Å²) in [5, 5.41) is 5.44. The van der Waals surface area contributed by atoms with Gasteiger partial charge in [0.25, 0.3) is 0 Å². The lowest BCUT2D eigenvalue weighted by Crippen LogP contribution is -2.40. The first-order valence-electron chi connectivity index (χ1n) is 7.02. The summed E-state index contributed by atoms with van der Waals surface area (Å²) in [7, 11) is 0. The predicted molar refractivity (Wildman–Crippen MR) is 88.0 cm³/mol. The van der Waals surface area contributed by atoms with Crippen LogP contribution in [0.15, 0.2) is 41.8 Å². The van der Waals surface area contributed by atoms with Crippen LogP contribution >= 0.6 is 22.9 Å². The molecule has 0 aliphatic carbocycles. The van der Waals surface area contributed by atoms with Gasteiger partial charge in [-0.1, -0.05) is 17.7 Å². The normalized spacial score (nSPS) is 17.8. The molecule has 22 heavy (non-hydrogen) atoms. The quantitative estimate of drug-likeness (QED) is 0.929. The number of nitrogens with zero attached hydrogens (tertiary/aromatic N) is 1. The van der Waals surface area contributed by atoms with E-state index < -0.39 is 6.04 Å².